The molecule has 14 N–H and O–H groups in total. The van der Waals surface area contributed by atoms with Crippen LogP contribution in [0.5, 0.6) is 0 Å². The molecule has 0 rings (SSSR count). The summed E-state index contributed by atoms with van der Waals surface area (Å²) in [5, 5.41) is 0. The minimum absolute atomic E-state index is 0. The van der Waals surface area contributed by atoms with Crippen molar-refractivity contribution in [2.24, 2.45) is 0 Å². The summed E-state index contributed by atoms with van der Waals surface area (Å²) in [5.74, 6) is 0. The number of hydrogen-bond donors (Lipinski definition) is 8. The Kier molecular flexibility index (Phi) is 26.7. The van der Waals surface area contributed by atoms with Gasteiger partial charge in [0, 0.05) is 0 Å². The Morgan fingerprint density at radius 3 is 0.944 bits per heavy atom. The van der Waals surface area contributed by atoms with Gasteiger partial charge in [0.05, 0.1) is 0 Å². The Labute approximate surface area is 148 Å². The van der Waals surface area contributed by atoms with Crippen LogP contribution in [0, 0.1) is 0 Å². The Morgan fingerprint density at radius 1 is 0.667 bits per heavy atom. The van der Waals surface area contributed by atoms with Gasteiger partial charge in [-0.05, 0) is 0 Å². The first-order chi connectivity index (χ1) is 5.41. The average molecular weight is 377 g/mol. The van der Waals surface area contributed by atoms with Crippen molar-refractivity contribution in [3.63, 3.8) is 0 Å². The number of hydrogen-bond acceptors (Lipinski definition) is 8. The summed E-state index contributed by atoms with van der Waals surface area (Å²) in [4.78, 5) is 40.2. The monoisotopic (exact) mass is 377 g/mol. The molecule has 0 spiro atoms. The summed E-state index contributed by atoms with van der Waals surface area (Å²) in [7, 11) is -16.2. The van der Waals surface area contributed by atoms with Crippen LogP contribution < -0.4 is 18.5 Å². The molecule has 0 heterocycles. The maximum Gasteiger partial charge on any atom is 0.316 e. The van der Waals surface area contributed by atoms with Crippen LogP contribution in [0.4, 0.5) is 0 Å². The zero-order chi connectivity index (χ0) is 10.9. The first kappa shape index (κ1) is 37.0. The van der Waals surface area contributed by atoms with Gasteiger partial charge in [-0.15, -0.1) is 0 Å². The second-order valence-electron chi connectivity index (χ2n) is 1.61. The molecular weight excluding hydrogens is 359 g/mol. The molecule has 0 aromatic rings. The van der Waals surface area contributed by atoms with Gasteiger partial charge in [0.25, 0.3) is 0 Å². The third-order valence-corrected chi connectivity index (χ3v) is 3.77. The van der Waals surface area contributed by atoms with Crippen LogP contribution in [0.15, 0.2) is 0 Å². The second kappa shape index (κ2) is 13.0. The Bertz CT molecular complexity index is 294. The van der Waals surface area contributed by atoms with E-state index in [0.717, 1.165) is 0 Å². The summed E-state index contributed by atoms with van der Waals surface area (Å²) in [5.41, 5.74) is 0. The smallest absolute Gasteiger partial charge is 0.316 e. The molecule has 0 unspecified atom stereocenters. The van der Waals surface area contributed by atoms with Crippen molar-refractivity contribution in [3.05, 3.63) is 0 Å². The maximum absolute atomic E-state index is 10.4. The zero-order valence-corrected chi connectivity index (χ0v) is 10.4. The summed E-state index contributed by atoms with van der Waals surface area (Å²) < 4.78 is 36.4. The fourth-order valence-electron chi connectivity index (χ4n) is 0.284. The fourth-order valence-corrected chi connectivity index (χ4v) is 2.82. The van der Waals surface area contributed by atoms with E-state index in [2.05, 4.69) is 8.62 Å². The standard InChI is InChI=1S/Ca.Mg.3H3N.H5O10P3.4H/c;;;;;1-11(2,3)9-13(7,8)10-12(4,5)6;;;;/h;;3*1H3;(H,7,8)(H2,1,2,3)(H2,4,5,6);;;;. The van der Waals surface area contributed by atoms with E-state index in [9.17, 15) is 13.7 Å². The molecule has 0 amide bonds. The van der Waals surface area contributed by atoms with Crippen LogP contribution in [0.3, 0.4) is 0 Å². The Morgan fingerprint density at radius 2 is 0.833 bits per heavy atom. The van der Waals surface area contributed by atoms with Crippen molar-refractivity contribution in [2.75, 3.05) is 0 Å². The fraction of sp³-hybridized carbons (Fsp3) is 0. The van der Waals surface area contributed by atoms with Gasteiger partial charge in [-0.25, -0.2) is 13.7 Å². The van der Waals surface area contributed by atoms with Gasteiger partial charge >= 0.3 is 84.3 Å². The van der Waals surface area contributed by atoms with Gasteiger partial charge in [-0.1, -0.05) is 0 Å². The van der Waals surface area contributed by atoms with Gasteiger partial charge < -0.3 is 42.9 Å². The molecule has 0 aliphatic heterocycles. The molecule has 0 atom stereocenters. The summed E-state index contributed by atoms with van der Waals surface area (Å²) >= 11 is 0. The van der Waals surface area contributed by atoms with Crippen molar-refractivity contribution in [3.8, 4) is 0 Å². The summed E-state index contributed by atoms with van der Waals surface area (Å²) in [6.07, 6.45) is 0. The largest absolute Gasteiger partial charge is 0.316 e. The van der Waals surface area contributed by atoms with Crippen LogP contribution in [-0.2, 0) is 22.3 Å². The van der Waals surface area contributed by atoms with E-state index in [4.69, 9.17) is 24.5 Å². The van der Waals surface area contributed by atoms with Gasteiger partial charge in [0.1, 0.15) is 0 Å². The van der Waals surface area contributed by atoms with Crippen molar-refractivity contribution in [1.29, 1.82) is 0 Å². The SMILES string of the molecule is N.N.N.O=P(O)(O)OP(=O)(O)OP(=O)(O)O.[CaH2].[MgH2]. The van der Waals surface area contributed by atoms with Crippen molar-refractivity contribution in [1.82, 2.24) is 18.5 Å². The molecule has 112 valence electrons. The van der Waals surface area contributed by atoms with Crippen LogP contribution >= 0.6 is 23.5 Å². The van der Waals surface area contributed by atoms with E-state index >= 15 is 0 Å². The quantitative estimate of drug-likeness (QED) is 0.194. The molecule has 0 aliphatic carbocycles. The van der Waals surface area contributed by atoms with Crippen LogP contribution in [0.2, 0.25) is 0 Å². The van der Waals surface area contributed by atoms with Crippen molar-refractivity contribution < 1.29 is 46.8 Å². The molecule has 0 aromatic carbocycles. The molecule has 0 radical (unpaired) electrons. The molecule has 0 saturated heterocycles. The van der Waals surface area contributed by atoms with Crippen molar-refractivity contribution in [2.45, 2.75) is 0 Å². The summed E-state index contributed by atoms with van der Waals surface area (Å²) in [6.45, 7) is 0. The zero-order valence-electron chi connectivity index (χ0n) is 7.74. The van der Waals surface area contributed by atoms with Gasteiger partial charge in [0.15, 0.2) is 0 Å². The van der Waals surface area contributed by atoms with E-state index in [1.807, 2.05) is 0 Å². The molecule has 18 heteroatoms. The van der Waals surface area contributed by atoms with E-state index in [0.29, 0.717) is 0 Å². The molecular formula is H18CaMgN3O10P3. The van der Waals surface area contributed by atoms with E-state index in [1.165, 1.54) is 0 Å². The normalized spacial score (nSPS) is 10.5. The molecule has 18 heavy (non-hydrogen) atoms. The van der Waals surface area contributed by atoms with E-state index in [-0.39, 0.29) is 79.2 Å². The average Bonchev–Trinajstić information content (AvgIpc) is 1.43. The third kappa shape index (κ3) is 26.8. The second-order valence-corrected chi connectivity index (χ2v) is 5.82. The number of phosphoric acid groups is 3. The van der Waals surface area contributed by atoms with Gasteiger partial charge in [-0.3, -0.25) is 0 Å². The predicted octanol–water partition coefficient (Wildman–Crippen LogP) is -2.04. The Balaban J connectivity index is -0.0000000720. The van der Waals surface area contributed by atoms with Gasteiger partial charge in [-0.2, -0.15) is 8.62 Å². The van der Waals surface area contributed by atoms with E-state index in [1.54, 1.807) is 0 Å². The van der Waals surface area contributed by atoms with Crippen molar-refractivity contribution >= 4 is 84.3 Å². The third-order valence-electron chi connectivity index (χ3n) is 0.419. The molecule has 13 nitrogen and oxygen atoms in total. The molecule has 0 aliphatic rings. The van der Waals surface area contributed by atoms with Crippen LogP contribution in [0.25, 0.3) is 0 Å². The summed E-state index contributed by atoms with van der Waals surface area (Å²) in [6, 6.07) is 0. The van der Waals surface area contributed by atoms with Gasteiger partial charge in [0.2, 0.25) is 0 Å². The molecule has 0 bridgehead atoms. The topological polar surface area (TPSA) is 276 Å². The first-order valence-electron chi connectivity index (χ1n) is 2.28. The maximum atomic E-state index is 10.4. The molecule has 0 saturated carbocycles. The number of rotatable bonds is 4. The van der Waals surface area contributed by atoms with Crippen LogP contribution in [-0.4, -0.2) is 85.3 Å². The molecule has 0 fully saturated rings. The predicted molar refractivity (Wildman–Crippen MR) is 68.2 cm³/mol. The van der Waals surface area contributed by atoms with Crippen LogP contribution in [0.1, 0.15) is 0 Å². The first-order valence-corrected chi connectivity index (χ1v) is 6.83. The van der Waals surface area contributed by atoms with E-state index < -0.39 is 23.5 Å². The molecule has 0 aromatic heterocycles. The Hall–Kier alpha value is 2.32. The minimum Gasteiger partial charge on any atom is 0.316 e. The minimum atomic E-state index is -5.46.